The summed E-state index contributed by atoms with van der Waals surface area (Å²) < 4.78 is 5.46. The van der Waals surface area contributed by atoms with E-state index < -0.39 is 0 Å². The highest BCUT2D eigenvalue weighted by Crippen LogP contribution is 2.30. The molecule has 0 atom stereocenters. The summed E-state index contributed by atoms with van der Waals surface area (Å²) >= 11 is 1.63. The van der Waals surface area contributed by atoms with Crippen LogP contribution in [0.1, 0.15) is 31.1 Å². The number of nitrogens with two attached hydrogens (primary N) is 1. The predicted molar refractivity (Wildman–Crippen MR) is 106 cm³/mol. The van der Waals surface area contributed by atoms with E-state index in [0.717, 1.165) is 10.8 Å². The Labute approximate surface area is 159 Å². The number of benzene rings is 1. The molecular weight excluding hydrogens is 358 g/mol. The Morgan fingerprint density at radius 3 is 2.52 bits per heavy atom. The van der Waals surface area contributed by atoms with E-state index in [1.54, 1.807) is 48.3 Å². The zero-order valence-electron chi connectivity index (χ0n) is 14.6. The Bertz CT molecular complexity index is 687. The molecule has 0 saturated carbocycles. The second-order valence-corrected chi connectivity index (χ2v) is 8.06. The Morgan fingerprint density at radius 1 is 1.24 bits per heavy atom. The molecule has 0 aliphatic heterocycles. The number of halogens is 1. The predicted octanol–water partition coefficient (Wildman–Crippen LogP) is 3.98. The van der Waals surface area contributed by atoms with Gasteiger partial charge in [-0.1, -0.05) is 20.8 Å². The summed E-state index contributed by atoms with van der Waals surface area (Å²) in [4.78, 5) is 16.7. The van der Waals surface area contributed by atoms with E-state index in [1.807, 2.05) is 6.07 Å². The van der Waals surface area contributed by atoms with E-state index in [-0.39, 0.29) is 23.1 Å². The third-order valence-electron chi connectivity index (χ3n) is 2.91. The Hall–Kier alpha value is -1.76. The first-order chi connectivity index (χ1) is 11.4. The Kier molecular flexibility index (Phi) is 8.22. The van der Waals surface area contributed by atoms with Gasteiger partial charge in [0.2, 0.25) is 0 Å². The number of rotatable bonds is 6. The van der Waals surface area contributed by atoms with Gasteiger partial charge in [0.1, 0.15) is 12.4 Å². The summed E-state index contributed by atoms with van der Waals surface area (Å²) in [6.45, 7) is 7.27. The SMILES string of the molecule is CC(C)(C)Sc1cc(C(=O)Nc2ccc(OCCN)cc2)ccn1.Cl. The zero-order chi connectivity index (χ0) is 17.6. The van der Waals surface area contributed by atoms with E-state index in [1.165, 1.54) is 0 Å². The normalized spacial score (nSPS) is 10.7. The van der Waals surface area contributed by atoms with Gasteiger partial charge < -0.3 is 15.8 Å². The fourth-order valence-electron chi connectivity index (χ4n) is 1.93. The van der Waals surface area contributed by atoms with Crippen LogP contribution >= 0.6 is 24.2 Å². The molecule has 25 heavy (non-hydrogen) atoms. The molecular formula is C18H24ClN3O2S. The van der Waals surface area contributed by atoms with Crippen molar-refractivity contribution in [1.82, 2.24) is 4.98 Å². The molecule has 136 valence electrons. The van der Waals surface area contributed by atoms with Crippen LogP contribution in [0.3, 0.4) is 0 Å². The molecule has 0 spiro atoms. The number of pyridine rings is 1. The summed E-state index contributed by atoms with van der Waals surface area (Å²) in [6.07, 6.45) is 1.66. The van der Waals surface area contributed by atoms with Crippen molar-refractivity contribution in [2.24, 2.45) is 5.73 Å². The van der Waals surface area contributed by atoms with Crippen LogP contribution in [0.4, 0.5) is 5.69 Å². The van der Waals surface area contributed by atoms with Crippen molar-refractivity contribution in [1.29, 1.82) is 0 Å². The summed E-state index contributed by atoms with van der Waals surface area (Å²) in [5.41, 5.74) is 6.69. The van der Waals surface area contributed by atoms with Crippen molar-refractivity contribution in [3.05, 3.63) is 48.2 Å². The number of hydrogen-bond acceptors (Lipinski definition) is 5. The van der Waals surface area contributed by atoms with Gasteiger partial charge in [0.05, 0.1) is 5.03 Å². The molecule has 1 amide bonds. The van der Waals surface area contributed by atoms with Crippen molar-refractivity contribution in [3.63, 3.8) is 0 Å². The largest absolute Gasteiger partial charge is 0.492 e. The van der Waals surface area contributed by atoms with Gasteiger partial charge in [-0.2, -0.15) is 0 Å². The van der Waals surface area contributed by atoms with Crippen molar-refractivity contribution in [2.45, 2.75) is 30.5 Å². The van der Waals surface area contributed by atoms with Crippen LogP contribution < -0.4 is 15.8 Å². The lowest BCUT2D eigenvalue weighted by Gasteiger charge is -2.16. The molecule has 1 aromatic heterocycles. The molecule has 1 aromatic carbocycles. The van der Waals surface area contributed by atoms with Gasteiger partial charge >= 0.3 is 0 Å². The number of carbonyl (C=O) groups is 1. The fraction of sp³-hybridized carbons (Fsp3) is 0.333. The lowest BCUT2D eigenvalue weighted by molar-refractivity contribution is 0.102. The zero-order valence-corrected chi connectivity index (χ0v) is 16.2. The minimum atomic E-state index is -0.163. The van der Waals surface area contributed by atoms with Gasteiger partial charge in [-0.25, -0.2) is 4.98 Å². The Balaban J connectivity index is 0.00000312. The number of ether oxygens (including phenoxy) is 1. The molecule has 1 heterocycles. The third kappa shape index (κ3) is 7.34. The molecule has 2 rings (SSSR count). The van der Waals surface area contributed by atoms with E-state index >= 15 is 0 Å². The van der Waals surface area contributed by atoms with Gasteiger partial charge in [0.15, 0.2) is 0 Å². The van der Waals surface area contributed by atoms with Crippen LogP contribution in [0, 0.1) is 0 Å². The molecule has 3 N–H and O–H groups in total. The molecule has 0 bridgehead atoms. The summed E-state index contributed by atoms with van der Waals surface area (Å²) in [5.74, 6) is 0.565. The van der Waals surface area contributed by atoms with Crippen molar-refractivity contribution in [2.75, 3.05) is 18.5 Å². The minimum Gasteiger partial charge on any atom is -0.492 e. The molecule has 0 radical (unpaired) electrons. The van der Waals surface area contributed by atoms with Gasteiger partial charge in [-0.3, -0.25) is 4.79 Å². The van der Waals surface area contributed by atoms with Gasteiger partial charge in [-0.05, 0) is 36.4 Å². The first kappa shape index (κ1) is 21.3. The standard InChI is InChI=1S/C18H23N3O2S.ClH/c1-18(2,3)24-16-12-13(8-10-20-16)17(22)21-14-4-6-15(7-5-14)23-11-9-19;/h4-8,10,12H,9,11,19H2,1-3H3,(H,21,22);1H. The smallest absolute Gasteiger partial charge is 0.255 e. The quantitative estimate of drug-likeness (QED) is 0.740. The monoisotopic (exact) mass is 381 g/mol. The van der Waals surface area contributed by atoms with Crippen molar-refractivity contribution >= 4 is 35.8 Å². The maximum Gasteiger partial charge on any atom is 0.255 e. The highest BCUT2D eigenvalue weighted by Gasteiger charge is 2.15. The van der Waals surface area contributed by atoms with E-state index in [2.05, 4.69) is 31.1 Å². The lowest BCUT2D eigenvalue weighted by atomic mass is 10.2. The number of aromatic nitrogens is 1. The molecule has 0 fully saturated rings. The number of hydrogen-bond donors (Lipinski definition) is 2. The van der Waals surface area contributed by atoms with Crippen LogP contribution in [0.5, 0.6) is 5.75 Å². The van der Waals surface area contributed by atoms with Crippen LogP contribution in [0.25, 0.3) is 0 Å². The third-order valence-corrected chi connectivity index (χ3v) is 3.95. The average molecular weight is 382 g/mol. The topological polar surface area (TPSA) is 77.2 Å². The van der Waals surface area contributed by atoms with Crippen molar-refractivity contribution < 1.29 is 9.53 Å². The highest BCUT2D eigenvalue weighted by atomic mass is 35.5. The van der Waals surface area contributed by atoms with E-state index in [9.17, 15) is 4.79 Å². The molecule has 0 aliphatic rings. The van der Waals surface area contributed by atoms with Crippen LogP contribution in [0.15, 0.2) is 47.6 Å². The average Bonchev–Trinajstić information content (AvgIpc) is 2.53. The molecule has 0 unspecified atom stereocenters. The van der Waals surface area contributed by atoms with Crippen LogP contribution in [0.2, 0.25) is 0 Å². The summed E-state index contributed by atoms with van der Waals surface area (Å²) in [5, 5.41) is 3.71. The number of anilines is 1. The van der Waals surface area contributed by atoms with E-state index in [0.29, 0.717) is 24.4 Å². The number of thioether (sulfide) groups is 1. The number of carbonyl (C=O) groups excluding carboxylic acids is 1. The maximum atomic E-state index is 12.4. The van der Waals surface area contributed by atoms with Crippen LogP contribution in [-0.4, -0.2) is 28.8 Å². The first-order valence-corrected chi connectivity index (χ1v) is 8.58. The molecule has 7 heteroatoms. The molecule has 5 nitrogen and oxygen atoms in total. The maximum absolute atomic E-state index is 12.4. The Morgan fingerprint density at radius 2 is 1.92 bits per heavy atom. The molecule has 0 aliphatic carbocycles. The molecule has 2 aromatic rings. The van der Waals surface area contributed by atoms with Gasteiger partial charge in [0.25, 0.3) is 5.91 Å². The summed E-state index contributed by atoms with van der Waals surface area (Å²) in [7, 11) is 0. The van der Waals surface area contributed by atoms with Crippen LogP contribution in [-0.2, 0) is 0 Å². The minimum absolute atomic E-state index is 0. The lowest BCUT2D eigenvalue weighted by Crippen LogP contribution is -2.13. The van der Waals surface area contributed by atoms with Gasteiger partial charge in [-0.15, -0.1) is 24.2 Å². The highest BCUT2D eigenvalue weighted by molar-refractivity contribution is 8.00. The molecule has 0 saturated heterocycles. The van der Waals surface area contributed by atoms with Crippen molar-refractivity contribution in [3.8, 4) is 5.75 Å². The second-order valence-electron chi connectivity index (χ2n) is 6.21. The first-order valence-electron chi connectivity index (χ1n) is 7.77. The van der Waals surface area contributed by atoms with E-state index in [4.69, 9.17) is 10.5 Å². The van der Waals surface area contributed by atoms with Gasteiger partial charge in [0, 0.05) is 28.7 Å². The number of nitrogens with one attached hydrogen (secondary N) is 1. The number of amides is 1. The second kappa shape index (κ2) is 9.65. The summed E-state index contributed by atoms with van der Waals surface area (Å²) in [6, 6.07) is 10.7. The number of nitrogens with zero attached hydrogens (tertiary/aromatic N) is 1. The fourth-order valence-corrected chi connectivity index (χ4v) is 2.86.